The van der Waals surface area contributed by atoms with Crippen molar-refractivity contribution >= 4 is 5.69 Å². The Morgan fingerprint density at radius 2 is 1.86 bits per heavy atom. The Morgan fingerprint density at radius 1 is 1.21 bits per heavy atom. The van der Waals surface area contributed by atoms with Crippen LogP contribution in [0.1, 0.15) is 5.56 Å². The van der Waals surface area contributed by atoms with Crippen molar-refractivity contribution in [2.45, 2.75) is 6.54 Å². The van der Waals surface area contributed by atoms with E-state index in [2.05, 4.69) is 5.32 Å². The monoisotopic (exact) mass is 196 g/mol. The molecule has 0 aliphatic rings. The normalized spacial score (nSPS) is 9.93. The summed E-state index contributed by atoms with van der Waals surface area (Å²) < 4.78 is 10.3. The summed E-state index contributed by atoms with van der Waals surface area (Å²) in [5.41, 5.74) is 7.36. The van der Waals surface area contributed by atoms with Crippen molar-refractivity contribution < 1.29 is 9.47 Å². The molecule has 0 amide bonds. The maximum Gasteiger partial charge on any atom is 0.142 e. The Labute approximate surface area is 84.0 Å². The second kappa shape index (κ2) is 4.72. The molecule has 1 aromatic carbocycles. The molecule has 0 heterocycles. The van der Waals surface area contributed by atoms with Crippen molar-refractivity contribution in [2.75, 3.05) is 27.0 Å². The zero-order valence-corrected chi connectivity index (χ0v) is 8.76. The van der Waals surface area contributed by atoms with Gasteiger partial charge in [0.2, 0.25) is 0 Å². The van der Waals surface area contributed by atoms with Crippen LogP contribution in [0.2, 0.25) is 0 Å². The van der Waals surface area contributed by atoms with E-state index in [4.69, 9.17) is 15.2 Å². The number of nitrogen functional groups attached to an aromatic ring is 1. The van der Waals surface area contributed by atoms with Gasteiger partial charge in [0.15, 0.2) is 0 Å². The fourth-order valence-corrected chi connectivity index (χ4v) is 1.31. The van der Waals surface area contributed by atoms with Gasteiger partial charge < -0.3 is 20.5 Å². The van der Waals surface area contributed by atoms with E-state index < -0.39 is 0 Å². The van der Waals surface area contributed by atoms with Crippen molar-refractivity contribution in [3.05, 3.63) is 17.7 Å². The maximum absolute atomic E-state index is 5.75. The number of hydrogen-bond acceptors (Lipinski definition) is 4. The van der Waals surface area contributed by atoms with Gasteiger partial charge in [0.1, 0.15) is 11.5 Å². The summed E-state index contributed by atoms with van der Waals surface area (Å²) in [6, 6.07) is 3.65. The Bertz CT molecular complexity index is 313. The molecule has 4 heteroatoms. The van der Waals surface area contributed by atoms with Crippen LogP contribution in [0.5, 0.6) is 11.5 Å². The molecule has 0 aliphatic heterocycles. The molecule has 0 spiro atoms. The van der Waals surface area contributed by atoms with Crippen LogP contribution in [0.15, 0.2) is 12.1 Å². The molecule has 3 N–H and O–H groups in total. The van der Waals surface area contributed by atoms with Crippen LogP contribution >= 0.6 is 0 Å². The molecule has 0 saturated heterocycles. The first-order valence-electron chi connectivity index (χ1n) is 4.38. The average molecular weight is 196 g/mol. The van der Waals surface area contributed by atoms with Crippen LogP contribution < -0.4 is 20.5 Å². The van der Waals surface area contributed by atoms with Gasteiger partial charge >= 0.3 is 0 Å². The third kappa shape index (κ3) is 2.09. The number of nitrogens with two attached hydrogens (primary N) is 1. The first kappa shape index (κ1) is 10.7. The van der Waals surface area contributed by atoms with E-state index in [1.54, 1.807) is 20.3 Å². The molecule has 1 aromatic rings. The third-order valence-corrected chi connectivity index (χ3v) is 2.00. The Morgan fingerprint density at radius 3 is 2.36 bits per heavy atom. The molecule has 1 rings (SSSR count). The molecule has 14 heavy (non-hydrogen) atoms. The maximum atomic E-state index is 5.75. The standard InChI is InChI=1S/C10H16N2O2/c1-12-6-7-4-10(14-3)8(11)5-9(7)13-2/h4-5,12H,6,11H2,1-3H3. The quantitative estimate of drug-likeness (QED) is 0.705. The molecule has 0 atom stereocenters. The second-order valence-corrected chi connectivity index (χ2v) is 2.94. The highest BCUT2D eigenvalue weighted by atomic mass is 16.5. The molecule has 4 nitrogen and oxygen atoms in total. The summed E-state index contributed by atoms with van der Waals surface area (Å²) >= 11 is 0. The average Bonchev–Trinajstić information content (AvgIpc) is 2.20. The number of ether oxygens (including phenoxy) is 2. The molecule has 0 unspecified atom stereocenters. The molecule has 0 aromatic heterocycles. The number of rotatable bonds is 4. The Kier molecular flexibility index (Phi) is 3.59. The van der Waals surface area contributed by atoms with Crippen molar-refractivity contribution in [1.82, 2.24) is 5.32 Å². The van der Waals surface area contributed by atoms with Gasteiger partial charge in [-0.2, -0.15) is 0 Å². The molecule has 78 valence electrons. The van der Waals surface area contributed by atoms with Crippen LogP contribution in [0, 0.1) is 0 Å². The third-order valence-electron chi connectivity index (χ3n) is 2.00. The lowest BCUT2D eigenvalue weighted by Gasteiger charge is -2.12. The van der Waals surface area contributed by atoms with Crippen LogP contribution in [-0.4, -0.2) is 21.3 Å². The number of hydrogen-bond donors (Lipinski definition) is 2. The summed E-state index contributed by atoms with van der Waals surface area (Å²) in [6.07, 6.45) is 0. The van der Waals surface area contributed by atoms with Gasteiger partial charge in [-0.3, -0.25) is 0 Å². The van der Waals surface area contributed by atoms with Crippen LogP contribution in [0.3, 0.4) is 0 Å². The number of benzene rings is 1. The Balaban J connectivity index is 3.11. The zero-order valence-electron chi connectivity index (χ0n) is 8.76. The topological polar surface area (TPSA) is 56.5 Å². The number of methoxy groups -OCH3 is 2. The van der Waals surface area contributed by atoms with E-state index >= 15 is 0 Å². The lowest BCUT2D eigenvalue weighted by atomic mass is 10.1. The fourth-order valence-electron chi connectivity index (χ4n) is 1.31. The van der Waals surface area contributed by atoms with Gasteiger partial charge in [-0.05, 0) is 13.1 Å². The lowest BCUT2D eigenvalue weighted by Crippen LogP contribution is -2.07. The van der Waals surface area contributed by atoms with E-state index in [-0.39, 0.29) is 0 Å². The summed E-state index contributed by atoms with van der Waals surface area (Å²) in [5.74, 6) is 1.45. The lowest BCUT2D eigenvalue weighted by molar-refractivity contribution is 0.399. The summed E-state index contributed by atoms with van der Waals surface area (Å²) in [4.78, 5) is 0. The van der Waals surface area contributed by atoms with Gasteiger partial charge in [0, 0.05) is 18.2 Å². The van der Waals surface area contributed by atoms with Crippen LogP contribution in [0.25, 0.3) is 0 Å². The molecule has 0 fully saturated rings. The van der Waals surface area contributed by atoms with Crippen molar-refractivity contribution in [3.8, 4) is 11.5 Å². The van der Waals surface area contributed by atoms with Gasteiger partial charge in [0.05, 0.1) is 19.9 Å². The van der Waals surface area contributed by atoms with E-state index in [1.807, 2.05) is 13.1 Å². The minimum Gasteiger partial charge on any atom is -0.496 e. The van der Waals surface area contributed by atoms with Crippen molar-refractivity contribution in [2.24, 2.45) is 0 Å². The summed E-state index contributed by atoms with van der Waals surface area (Å²) in [7, 11) is 5.10. The number of nitrogens with one attached hydrogen (secondary N) is 1. The fraction of sp³-hybridized carbons (Fsp3) is 0.400. The predicted octanol–water partition coefficient (Wildman–Crippen LogP) is 1.01. The summed E-state index contributed by atoms with van der Waals surface area (Å²) in [6.45, 7) is 0.722. The SMILES string of the molecule is CNCc1cc(OC)c(N)cc1OC. The predicted molar refractivity (Wildman–Crippen MR) is 56.7 cm³/mol. The minimum absolute atomic E-state index is 0.587. The van der Waals surface area contributed by atoms with Crippen molar-refractivity contribution in [3.63, 3.8) is 0 Å². The van der Waals surface area contributed by atoms with E-state index in [0.29, 0.717) is 11.4 Å². The minimum atomic E-state index is 0.587. The van der Waals surface area contributed by atoms with Gasteiger partial charge in [-0.1, -0.05) is 0 Å². The first-order chi connectivity index (χ1) is 6.72. The van der Waals surface area contributed by atoms with Gasteiger partial charge in [-0.25, -0.2) is 0 Å². The molecular formula is C10H16N2O2. The Hall–Kier alpha value is -1.42. The summed E-state index contributed by atoms with van der Waals surface area (Å²) in [5, 5.41) is 3.05. The number of anilines is 1. The molecule has 0 aliphatic carbocycles. The molecule has 0 saturated carbocycles. The molecule has 0 radical (unpaired) electrons. The van der Waals surface area contributed by atoms with E-state index in [1.165, 1.54) is 0 Å². The van der Waals surface area contributed by atoms with E-state index in [0.717, 1.165) is 17.9 Å². The first-order valence-corrected chi connectivity index (χ1v) is 4.38. The van der Waals surface area contributed by atoms with Gasteiger partial charge in [0.25, 0.3) is 0 Å². The second-order valence-electron chi connectivity index (χ2n) is 2.94. The smallest absolute Gasteiger partial charge is 0.142 e. The zero-order chi connectivity index (χ0) is 10.6. The van der Waals surface area contributed by atoms with Crippen LogP contribution in [0.4, 0.5) is 5.69 Å². The van der Waals surface area contributed by atoms with Crippen LogP contribution in [-0.2, 0) is 6.54 Å². The van der Waals surface area contributed by atoms with Crippen molar-refractivity contribution in [1.29, 1.82) is 0 Å². The largest absolute Gasteiger partial charge is 0.496 e. The van der Waals surface area contributed by atoms with Gasteiger partial charge in [-0.15, -0.1) is 0 Å². The highest BCUT2D eigenvalue weighted by Gasteiger charge is 2.07. The highest BCUT2D eigenvalue weighted by Crippen LogP contribution is 2.30. The van der Waals surface area contributed by atoms with E-state index in [9.17, 15) is 0 Å². The molecule has 0 bridgehead atoms. The molecular weight excluding hydrogens is 180 g/mol. The highest BCUT2D eigenvalue weighted by molar-refractivity contribution is 5.59.